The van der Waals surface area contributed by atoms with E-state index in [-0.39, 0.29) is 18.6 Å². The maximum absolute atomic E-state index is 12.8. The number of nitrogens with one attached hydrogen (secondary N) is 1. The lowest BCUT2D eigenvalue weighted by Crippen LogP contribution is -2.21. The van der Waals surface area contributed by atoms with E-state index in [1.165, 1.54) is 29.8 Å². The molecule has 0 bridgehead atoms. The van der Waals surface area contributed by atoms with Crippen molar-refractivity contribution >= 4 is 23.3 Å². The van der Waals surface area contributed by atoms with Gasteiger partial charge in [0.2, 0.25) is 0 Å². The summed E-state index contributed by atoms with van der Waals surface area (Å²) < 4.78 is 17.7. The highest BCUT2D eigenvalue weighted by atomic mass is 19.1. The van der Waals surface area contributed by atoms with Gasteiger partial charge in [0.05, 0.1) is 6.42 Å². The fourth-order valence-electron chi connectivity index (χ4n) is 2.45. The van der Waals surface area contributed by atoms with Gasteiger partial charge in [0.1, 0.15) is 5.82 Å². The number of benzene rings is 2. The molecule has 2 rings (SSSR count). The quantitative estimate of drug-likeness (QED) is 0.536. The van der Waals surface area contributed by atoms with E-state index >= 15 is 0 Å². The van der Waals surface area contributed by atoms with Gasteiger partial charge < -0.3 is 10.1 Å². The van der Waals surface area contributed by atoms with Crippen LogP contribution in [0.2, 0.25) is 0 Å². The fraction of sp³-hybridized carbons (Fsp3) is 0.286. The standard InChI is InChI=1S/C21H22FNO4/c1-2-3-15-4-6-16(7-5-15)19(24)12-13-21(26)27-14-20(25)23-18-10-8-17(22)9-11-18/h4-11H,2-3,12-14H2,1H3,(H,23,25). The Morgan fingerprint density at radius 2 is 1.63 bits per heavy atom. The van der Waals surface area contributed by atoms with Crippen LogP contribution in [0.5, 0.6) is 0 Å². The minimum Gasteiger partial charge on any atom is -0.456 e. The number of Topliss-reactive ketones (excluding diaryl/α,β-unsaturated/α-hetero) is 1. The van der Waals surface area contributed by atoms with E-state index < -0.39 is 24.3 Å². The number of hydrogen-bond donors (Lipinski definition) is 1. The average Bonchev–Trinajstić information content (AvgIpc) is 2.67. The van der Waals surface area contributed by atoms with Crippen LogP contribution in [0.3, 0.4) is 0 Å². The highest BCUT2D eigenvalue weighted by Crippen LogP contribution is 2.11. The Bertz CT molecular complexity index is 785. The number of esters is 1. The molecular formula is C21H22FNO4. The average molecular weight is 371 g/mol. The van der Waals surface area contributed by atoms with E-state index in [1.54, 1.807) is 12.1 Å². The monoisotopic (exact) mass is 371 g/mol. The van der Waals surface area contributed by atoms with Crippen LogP contribution in [-0.2, 0) is 20.7 Å². The zero-order valence-electron chi connectivity index (χ0n) is 15.2. The van der Waals surface area contributed by atoms with Gasteiger partial charge in [0.25, 0.3) is 5.91 Å². The highest BCUT2D eigenvalue weighted by molar-refractivity contribution is 5.98. The van der Waals surface area contributed by atoms with Crippen LogP contribution in [0.15, 0.2) is 48.5 Å². The van der Waals surface area contributed by atoms with Crippen LogP contribution in [-0.4, -0.2) is 24.3 Å². The van der Waals surface area contributed by atoms with Crippen molar-refractivity contribution in [3.63, 3.8) is 0 Å². The maximum Gasteiger partial charge on any atom is 0.306 e. The molecule has 0 aliphatic heterocycles. The van der Waals surface area contributed by atoms with E-state index in [0.29, 0.717) is 11.3 Å². The Labute approximate surface area is 157 Å². The summed E-state index contributed by atoms with van der Waals surface area (Å²) in [4.78, 5) is 35.5. The lowest BCUT2D eigenvalue weighted by atomic mass is 10.0. The van der Waals surface area contributed by atoms with Crippen LogP contribution in [0.25, 0.3) is 0 Å². The summed E-state index contributed by atoms with van der Waals surface area (Å²) in [5.41, 5.74) is 2.12. The molecule has 0 unspecified atom stereocenters. The molecule has 0 fully saturated rings. The van der Waals surface area contributed by atoms with Gasteiger partial charge in [-0.3, -0.25) is 14.4 Å². The number of anilines is 1. The maximum atomic E-state index is 12.8. The minimum atomic E-state index is -0.625. The summed E-state index contributed by atoms with van der Waals surface area (Å²) in [7, 11) is 0. The molecule has 0 radical (unpaired) electrons. The molecule has 5 nitrogen and oxygen atoms in total. The van der Waals surface area contributed by atoms with Crippen molar-refractivity contribution in [1.82, 2.24) is 0 Å². The number of halogens is 1. The fourth-order valence-corrected chi connectivity index (χ4v) is 2.45. The molecular weight excluding hydrogens is 349 g/mol. The Balaban J connectivity index is 1.71. The zero-order chi connectivity index (χ0) is 19.6. The van der Waals surface area contributed by atoms with Gasteiger partial charge in [-0.15, -0.1) is 0 Å². The molecule has 1 N–H and O–H groups in total. The molecule has 6 heteroatoms. The predicted octanol–water partition coefficient (Wildman–Crippen LogP) is 3.92. The first-order valence-corrected chi connectivity index (χ1v) is 8.81. The molecule has 142 valence electrons. The van der Waals surface area contributed by atoms with Crippen LogP contribution >= 0.6 is 0 Å². The van der Waals surface area contributed by atoms with Gasteiger partial charge in [-0.1, -0.05) is 37.6 Å². The van der Waals surface area contributed by atoms with E-state index in [0.717, 1.165) is 12.8 Å². The van der Waals surface area contributed by atoms with E-state index in [1.807, 2.05) is 12.1 Å². The third kappa shape index (κ3) is 7.01. The summed E-state index contributed by atoms with van der Waals surface area (Å²) >= 11 is 0. The first kappa shape index (κ1) is 20.3. The number of amides is 1. The molecule has 2 aromatic rings. The summed E-state index contributed by atoms with van der Waals surface area (Å²) in [5, 5.41) is 2.48. The molecule has 2 aromatic carbocycles. The van der Waals surface area contributed by atoms with Crippen molar-refractivity contribution in [1.29, 1.82) is 0 Å². The van der Waals surface area contributed by atoms with Gasteiger partial charge in [0, 0.05) is 17.7 Å². The Hall–Kier alpha value is -3.02. The number of ether oxygens (including phenoxy) is 1. The number of ketones is 1. The lowest BCUT2D eigenvalue weighted by molar-refractivity contribution is -0.147. The Morgan fingerprint density at radius 3 is 2.26 bits per heavy atom. The molecule has 0 aromatic heterocycles. The van der Waals surface area contributed by atoms with Gasteiger partial charge in [-0.25, -0.2) is 4.39 Å². The molecule has 0 atom stereocenters. The number of aryl methyl sites for hydroxylation is 1. The molecule has 0 spiro atoms. The second-order valence-corrected chi connectivity index (χ2v) is 6.09. The summed E-state index contributed by atoms with van der Waals surface area (Å²) in [6.07, 6.45) is 1.92. The molecule has 0 aliphatic carbocycles. The number of rotatable bonds is 9. The molecule has 27 heavy (non-hydrogen) atoms. The zero-order valence-corrected chi connectivity index (χ0v) is 15.2. The van der Waals surface area contributed by atoms with E-state index in [4.69, 9.17) is 4.74 Å². The normalized spacial score (nSPS) is 10.3. The first-order chi connectivity index (χ1) is 13.0. The number of carbonyl (C=O) groups is 3. The van der Waals surface area contributed by atoms with Crippen molar-refractivity contribution in [3.05, 3.63) is 65.5 Å². The smallest absolute Gasteiger partial charge is 0.306 e. The molecule has 0 heterocycles. The largest absolute Gasteiger partial charge is 0.456 e. The van der Waals surface area contributed by atoms with Gasteiger partial charge in [-0.2, -0.15) is 0 Å². The van der Waals surface area contributed by atoms with Crippen LogP contribution in [0.4, 0.5) is 10.1 Å². The summed E-state index contributed by atoms with van der Waals surface area (Å²) in [5.74, 6) is -1.72. The van der Waals surface area contributed by atoms with Crippen molar-refractivity contribution in [2.75, 3.05) is 11.9 Å². The molecule has 0 saturated carbocycles. The van der Waals surface area contributed by atoms with E-state index in [9.17, 15) is 18.8 Å². The second kappa shape index (κ2) is 10.2. The predicted molar refractivity (Wildman–Crippen MR) is 100.0 cm³/mol. The number of carbonyl (C=O) groups excluding carboxylic acids is 3. The summed E-state index contributed by atoms with van der Waals surface area (Å²) in [6.45, 7) is 1.63. The Kier molecular flexibility index (Phi) is 7.67. The van der Waals surface area contributed by atoms with E-state index in [2.05, 4.69) is 12.2 Å². The van der Waals surface area contributed by atoms with Crippen molar-refractivity contribution in [2.45, 2.75) is 32.6 Å². The van der Waals surface area contributed by atoms with Gasteiger partial charge in [0.15, 0.2) is 12.4 Å². The van der Waals surface area contributed by atoms with Crippen molar-refractivity contribution in [2.24, 2.45) is 0 Å². The second-order valence-electron chi connectivity index (χ2n) is 6.09. The lowest BCUT2D eigenvalue weighted by Gasteiger charge is -2.07. The Morgan fingerprint density at radius 1 is 0.963 bits per heavy atom. The minimum absolute atomic E-state index is 0.0194. The molecule has 0 aliphatic rings. The topological polar surface area (TPSA) is 72.5 Å². The molecule has 1 amide bonds. The van der Waals surface area contributed by atoms with Gasteiger partial charge >= 0.3 is 5.97 Å². The van der Waals surface area contributed by atoms with Gasteiger partial charge in [-0.05, 0) is 36.2 Å². The summed E-state index contributed by atoms with van der Waals surface area (Å²) in [6, 6.07) is 12.6. The third-order valence-electron chi connectivity index (χ3n) is 3.86. The van der Waals surface area contributed by atoms with Crippen molar-refractivity contribution < 1.29 is 23.5 Å². The first-order valence-electron chi connectivity index (χ1n) is 8.81. The highest BCUT2D eigenvalue weighted by Gasteiger charge is 2.12. The SMILES string of the molecule is CCCc1ccc(C(=O)CCC(=O)OCC(=O)Nc2ccc(F)cc2)cc1. The van der Waals surface area contributed by atoms with Crippen LogP contribution < -0.4 is 5.32 Å². The van der Waals surface area contributed by atoms with Crippen LogP contribution in [0.1, 0.15) is 42.1 Å². The van der Waals surface area contributed by atoms with Crippen LogP contribution in [0, 0.1) is 5.82 Å². The van der Waals surface area contributed by atoms with Crippen molar-refractivity contribution in [3.8, 4) is 0 Å². The molecule has 0 saturated heterocycles. The number of hydrogen-bond acceptors (Lipinski definition) is 4. The third-order valence-corrected chi connectivity index (χ3v) is 3.86.